The van der Waals surface area contributed by atoms with Crippen LogP contribution in [0.25, 0.3) is 16.7 Å². The number of carbonyl (C=O) groups is 1. The van der Waals surface area contributed by atoms with E-state index < -0.39 is 34.4 Å². The minimum absolute atomic E-state index is 0.101. The van der Waals surface area contributed by atoms with Gasteiger partial charge in [-0.2, -0.15) is 0 Å². The van der Waals surface area contributed by atoms with E-state index in [0.29, 0.717) is 32.4 Å². The van der Waals surface area contributed by atoms with E-state index in [0.717, 1.165) is 29.0 Å². The minimum Gasteiger partial charge on any atom is -0.477 e. The van der Waals surface area contributed by atoms with Gasteiger partial charge in [0, 0.05) is 31.4 Å². The summed E-state index contributed by atoms with van der Waals surface area (Å²) in [5, 5.41) is 9.06. The van der Waals surface area contributed by atoms with Crippen molar-refractivity contribution in [2.75, 3.05) is 31.2 Å². The first kappa shape index (κ1) is 20.5. The number of benzene rings is 1. The van der Waals surface area contributed by atoms with E-state index in [1.165, 1.54) is 0 Å². The monoisotopic (exact) mass is 446 g/mol. The number of carboxylic acid groups (broad SMARTS) is 1. The van der Waals surface area contributed by atoms with Crippen LogP contribution in [0.1, 0.15) is 10.4 Å². The van der Waals surface area contributed by atoms with E-state index in [1.54, 1.807) is 4.90 Å². The number of nitrogens with zero attached hydrogens (tertiary/aromatic N) is 3. The average molecular weight is 446 g/mol. The Labute approximate surface area is 178 Å². The SMILES string of the molecule is NC1CN(c2nc3c(cc2F)c(=O)c(C(=O)O)cn3-c2ccc(F)cc2F)CC12COC2. The molecule has 8 nitrogen and oxygen atoms in total. The predicted molar refractivity (Wildman–Crippen MR) is 108 cm³/mol. The summed E-state index contributed by atoms with van der Waals surface area (Å²) in [6.07, 6.45) is 0.898. The van der Waals surface area contributed by atoms with Crippen molar-refractivity contribution in [2.24, 2.45) is 11.1 Å². The van der Waals surface area contributed by atoms with Crippen LogP contribution in [-0.4, -0.2) is 53.0 Å². The van der Waals surface area contributed by atoms with Crippen LogP contribution >= 0.6 is 0 Å². The van der Waals surface area contributed by atoms with Gasteiger partial charge in [0.15, 0.2) is 17.3 Å². The number of aromatic carboxylic acids is 1. The number of rotatable bonds is 3. The molecule has 2 saturated heterocycles. The molecule has 1 spiro atoms. The summed E-state index contributed by atoms with van der Waals surface area (Å²) in [5.74, 6) is -4.36. The second kappa shape index (κ2) is 7.04. The molecule has 2 aliphatic heterocycles. The lowest BCUT2D eigenvalue weighted by Gasteiger charge is -2.40. The van der Waals surface area contributed by atoms with Gasteiger partial charge in [0.25, 0.3) is 0 Å². The van der Waals surface area contributed by atoms with Gasteiger partial charge in [-0.1, -0.05) is 0 Å². The van der Waals surface area contributed by atoms with E-state index in [4.69, 9.17) is 10.5 Å². The molecule has 0 bridgehead atoms. The maximum atomic E-state index is 15.1. The van der Waals surface area contributed by atoms with Crippen molar-refractivity contribution in [3.8, 4) is 5.69 Å². The lowest BCUT2D eigenvalue weighted by Crippen LogP contribution is -2.54. The molecule has 0 saturated carbocycles. The standard InChI is InChI=1S/C21H17F3N4O4/c22-10-1-2-15(13(23)3-10)28-5-12(20(30)31)17(29)11-4-14(24)19(26-18(11)28)27-6-16(25)21(7-27)8-32-9-21/h1-5,16H,6-9,25H2,(H,30,31). The van der Waals surface area contributed by atoms with E-state index in [-0.39, 0.29) is 34.0 Å². The molecule has 2 fully saturated rings. The molecule has 2 aliphatic rings. The van der Waals surface area contributed by atoms with E-state index >= 15 is 4.39 Å². The molecule has 3 aromatic rings. The fourth-order valence-electron chi connectivity index (χ4n) is 4.27. The first-order chi connectivity index (χ1) is 15.2. The lowest BCUT2D eigenvalue weighted by atomic mass is 9.82. The second-order valence-corrected chi connectivity index (χ2v) is 8.15. The number of halogens is 3. The minimum atomic E-state index is -1.57. The summed E-state index contributed by atoms with van der Waals surface area (Å²) < 4.78 is 49.3. The molecule has 5 rings (SSSR count). The molecule has 1 unspecified atom stereocenters. The predicted octanol–water partition coefficient (Wildman–Crippen LogP) is 1.67. The van der Waals surface area contributed by atoms with Crippen LogP contribution in [0, 0.1) is 22.9 Å². The molecular weight excluding hydrogens is 429 g/mol. The van der Waals surface area contributed by atoms with Crippen molar-refractivity contribution in [1.29, 1.82) is 0 Å². The Balaban J connectivity index is 1.75. The van der Waals surface area contributed by atoms with Gasteiger partial charge in [-0.3, -0.25) is 9.36 Å². The van der Waals surface area contributed by atoms with Crippen LogP contribution in [-0.2, 0) is 4.74 Å². The van der Waals surface area contributed by atoms with Crippen molar-refractivity contribution >= 4 is 22.8 Å². The molecule has 3 N–H and O–H groups in total. The average Bonchev–Trinajstić information content (AvgIpc) is 3.06. The Morgan fingerprint density at radius 1 is 1.22 bits per heavy atom. The highest BCUT2D eigenvalue weighted by molar-refractivity contribution is 5.92. The number of carboxylic acids is 1. The van der Waals surface area contributed by atoms with Crippen LogP contribution in [0.4, 0.5) is 19.0 Å². The molecular formula is C21H17F3N4O4. The molecule has 0 radical (unpaired) electrons. The molecule has 1 atom stereocenters. The Morgan fingerprint density at radius 2 is 1.97 bits per heavy atom. The molecule has 4 heterocycles. The number of nitrogens with two attached hydrogens (primary N) is 1. The number of pyridine rings is 2. The Hall–Kier alpha value is -3.44. The van der Waals surface area contributed by atoms with Crippen LogP contribution in [0.2, 0.25) is 0 Å². The summed E-state index contributed by atoms with van der Waals surface area (Å²) in [7, 11) is 0. The Bertz CT molecular complexity index is 1340. The normalized spacial score (nSPS) is 19.5. The lowest BCUT2D eigenvalue weighted by molar-refractivity contribution is -0.106. The third-order valence-corrected chi connectivity index (χ3v) is 6.10. The molecule has 166 valence electrons. The first-order valence-corrected chi connectivity index (χ1v) is 9.73. The maximum Gasteiger partial charge on any atom is 0.341 e. The van der Waals surface area contributed by atoms with Crippen molar-refractivity contribution in [2.45, 2.75) is 6.04 Å². The zero-order valence-electron chi connectivity index (χ0n) is 16.5. The topological polar surface area (TPSA) is 111 Å². The van der Waals surface area contributed by atoms with Gasteiger partial charge in [0.2, 0.25) is 5.43 Å². The van der Waals surface area contributed by atoms with Crippen LogP contribution in [0.3, 0.4) is 0 Å². The van der Waals surface area contributed by atoms with Crippen LogP contribution in [0.5, 0.6) is 0 Å². The highest BCUT2D eigenvalue weighted by Crippen LogP contribution is 2.39. The number of anilines is 1. The maximum absolute atomic E-state index is 15.1. The Kier molecular flexibility index (Phi) is 4.50. The molecule has 0 aliphatic carbocycles. The summed E-state index contributed by atoms with van der Waals surface area (Å²) in [4.78, 5) is 30.2. The smallest absolute Gasteiger partial charge is 0.341 e. The summed E-state index contributed by atoms with van der Waals surface area (Å²) >= 11 is 0. The fraction of sp³-hybridized carbons (Fsp3) is 0.286. The molecule has 0 amide bonds. The highest BCUT2D eigenvalue weighted by Gasteiger charge is 2.51. The molecule has 1 aromatic carbocycles. The highest BCUT2D eigenvalue weighted by atomic mass is 19.1. The zero-order valence-corrected chi connectivity index (χ0v) is 16.5. The van der Waals surface area contributed by atoms with Crippen LogP contribution in [0.15, 0.2) is 35.3 Å². The van der Waals surface area contributed by atoms with Crippen molar-refractivity contribution in [1.82, 2.24) is 9.55 Å². The zero-order chi connectivity index (χ0) is 22.8. The third-order valence-electron chi connectivity index (χ3n) is 6.10. The number of aromatic nitrogens is 2. The quantitative estimate of drug-likeness (QED) is 0.630. The van der Waals surface area contributed by atoms with Crippen molar-refractivity contribution < 1.29 is 27.8 Å². The van der Waals surface area contributed by atoms with E-state index in [1.807, 2.05) is 0 Å². The van der Waals surface area contributed by atoms with Gasteiger partial charge in [-0.25, -0.2) is 22.9 Å². The summed E-state index contributed by atoms with van der Waals surface area (Å²) in [6.45, 7) is 1.55. The van der Waals surface area contributed by atoms with E-state index in [2.05, 4.69) is 4.98 Å². The van der Waals surface area contributed by atoms with Gasteiger partial charge in [0.1, 0.15) is 17.2 Å². The number of hydrogen-bond donors (Lipinski definition) is 2. The van der Waals surface area contributed by atoms with E-state index in [9.17, 15) is 23.5 Å². The van der Waals surface area contributed by atoms with Gasteiger partial charge >= 0.3 is 5.97 Å². The van der Waals surface area contributed by atoms with Gasteiger partial charge in [-0.15, -0.1) is 0 Å². The third kappa shape index (κ3) is 2.96. The number of ether oxygens (including phenoxy) is 1. The van der Waals surface area contributed by atoms with Crippen LogP contribution < -0.4 is 16.1 Å². The summed E-state index contributed by atoms with van der Waals surface area (Å²) in [6, 6.07) is 3.28. The fourth-order valence-corrected chi connectivity index (χ4v) is 4.27. The molecule has 32 heavy (non-hydrogen) atoms. The number of fused-ring (bicyclic) bond motifs is 1. The molecule has 2 aromatic heterocycles. The number of hydrogen-bond acceptors (Lipinski definition) is 6. The summed E-state index contributed by atoms with van der Waals surface area (Å²) in [5.41, 5.74) is 3.82. The van der Waals surface area contributed by atoms with Crippen molar-refractivity contribution in [3.05, 3.63) is 63.7 Å². The van der Waals surface area contributed by atoms with Crippen molar-refractivity contribution in [3.63, 3.8) is 0 Å². The van der Waals surface area contributed by atoms with Gasteiger partial charge in [-0.05, 0) is 18.2 Å². The second-order valence-electron chi connectivity index (χ2n) is 8.15. The molecule has 11 heteroatoms. The largest absolute Gasteiger partial charge is 0.477 e. The van der Waals surface area contributed by atoms with Gasteiger partial charge in [0.05, 0.1) is 29.7 Å². The Morgan fingerprint density at radius 3 is 2.56 bits per heavy atom. The first-order valence-electron chi connectivity index (χ1n) is 9.73. The van der Waals surface area contributed by atoms with Gasteiger partial charge < -0.3 is 20.5 Å².